The molecule has 1 N–H and O–H groups in total. The number of allylic oxidation sites excluding steroid dienone is 4. The number of hydrogen-bond acceptors (Lipinski definition) is 4. The van der Waals surface area contributed by atoms with Gasteiger partial charge in [0.1, 0.15) is 0 Å². The van der Waals surface area contributed by atoms with Crippen LogP contribution in [0, 0.1) is 0 Å². The lowest BCUT2D eigenvalue weighted by molar-refractivity contribution is -0.122. The quantitative estimate of drug-likeness (QED) is 0.221. The summed E-state index contributed by atoms with van der Waals surface area (Å²) in [6.45, 7) is 13.9. The van der Waals surface area contributed by atoms with Gasteiger partial charge in [0.2, 0.25) is 11.8 Å². The van der Waals surface area contributed by atoms with Gasteiger partial charge < -0.3 is 15.0 Å². The molecule has 1 aromatic carbocycles. The summed E-state index contributed by atoms with van der Waals surface area (Å²) in [5.74, 6) is 0.567. The van der Waals surface area contributed by atoms with Gasteiger partial charge >= 0.3 is 0 Å². The molecule has 204 valence electrons. The number of rotatable bonds is 16. The van der Waals surface area contributed by atoms with Gasteiger partial charge in [0.05, 0.1) is 18.7 Å². The van der Waals surface area contributed by atoms with E-state index in [1.165, 1.54) is 0 Å². The zero-order chi connectivity index (χ0) is 27.2. The number of nitrogens with one attached hydrogen (secondary N) is 1. The van der Waals surface area contributed by atoms with Gasteiger partial charge in [-0.3, -0.25) is 4.79 Å². The number of ether oxygens (including phenoxy) is 1. The predicted octanol–water partition coefficient (Wildman–Crippen LogP) is 7.47. The molecule has 0 saturated carbocycles. The number of carbonyl (C=O) groups excluding carboxylic acids is 1. The average Bonchev–Trinajstić information content (AvgIpc) is 3.29. The van der Waals surface area contributed by atoms with E-state index in [0.29, 0.717) is 21.6 Å². The Labute approximate surface area is 232 Å². The first kappa shape index (κ1) is 30.9. The second-order valence-electron chi connectivity index (χ2n) is 9.09. The molecule has 6 nitrogen and oxygen atoms in total. The van der Waals surface area contributed by atoms with Crippen molar-refractivity contribution in [2.75, 3.05) is 26.2 Å². The first-order valence-electron chi connectivity index (χ1n) is 13.3. The van der Waals surface area contributed by atoms with Crippen LogP contribution in [0.3, 0.4) is 0 Å². The van der Waals surface area contributed by atoms with Crippen molar-refractivity contribution in [1.29, 1.82) is 0 Å². The van der Waals surface area contributed by atoms with E-state index in [9.17, 15) is 4.79 Å². The number of aromatic nitrogens is 2. The largest absolute Gasteiger partial charge is 0.477 e. The summed E-state index contributed by atoms with van der Waals surface area (Å²) < 4.78 is 7.79. The predicted molar refractivity (Wildman–Crippen MR) is 156 cm³/mol. The van der Waals surface area contributed by atoms with Crippen LogP contribution in [-0.2, 0) is 4.79 Å². The van der Waals surface area contributed by atoms with Gasteiger partial charge in [0.25, 0.3) is 0 Å². The molecule has 1 amide bonds. The Morgan fingerprint density at radius 3 is 2.46 bits per heavy atom. The summed E-state index contributed by atoms with van der Waals surface area (Å²) in [6, 6.07) is 7.36. The molecule has 0 aliphatic carbocycles. The molecule has 2 aromatic rings. The first-order chi connectivity index (χ1) is 17.8. The van der Waals surface area contributed by atoms with E-state index in [1.807, 2.05) is 50.3 Å². The van der Waals surface area contributed by atoms with Crippen molar-refractivity contribution in [3.8, 4) is 17.1 Å². The highest BCUT2D eigenvalue weighted by molar-refractivity contribution is 6.35. The zero-order valence-electron chi connectivity index (χ0n) is 22.9. The molecule has 0 aliphatic heterocycles. The van der Waals surface area contributed by atoms with Crippen LogP contribution < -0.4 is 10.1 Å². The third-order valence-electron chi connectivity index (χ3n) is 6.20. The van der Waals surface area contributed by atoms with Crippen molar-refractivity contribution in [3.05, 3.63) is 52.5 Å². The number of halogens is 2. The molecular weight excluding hydrogens is 507 g/mol. The minimum Gasteiger partial charge on any atom is -0.477 e. The molecule has 1 aromatic heterocycles. The van der Waals surface area contributed by atoms with Gasteiger partial charge in [-0.1, -0.05) is 62.5 Å². The number of benzene rings is 1. The van der Waals surface area contributed by atoms with Crippen LogP contribution in [0.25, 0.3) is 17.0 Å². The maximum Gasteiger partial charge on any atom is 0.223 e. The lowest BCUT2D eigenvalue weighted by atomic mass is 10.1. The summed E-state index contributed by atoms with van der Waals surface area (Å²) in [5.41, 5.74) is 2.37. The van der Waals surface area contributed by atoms with Crippen molar-refractivity contribution >= 4 is 34.8 Å². The summed E-state index contributed by atoms with van der Waals surface area (Å²) in [6.07, 6.45) is 10.2. The highest BCUT2D eigenvalue weighted by Crippen LogP contribution is 2.30. The Bertz CT molecular complexity index is 1020. The second-order valence-corrected chi connectivity index (χ2v) is 9.97. The van der Waals surface area contributed by atoms with Crippen molar-refractivity contribution in [1.82, 2.24) is 20.0 Å². The molecule has 8 heteroatoms. The third kappa shape index (κ3) is 10.5. The number of amides is 1. The van der Waals surface area contributed by atoms with Crippen LogP contribution in [0.1, 0.15) is 66.7 Å². The van der Waals surface area contributed by atoms with Crippen LogP contribution in [0.4, 0.5) is 0 Å². The smallest absolute Gasteiger partial charge is 0.223 e. The van der Waals surface area contributed by atoms with Crippen LogP contribution in [-0.4, -0.2) is 52.9 Å². The Morgan fingerprint density at radius 2 is 1.84 bits per heavy atom. The van der Waals surface area contributed by atoms with Crippen LogP contribution in [0.2, 0.25) is 10.0 Å². The van der Waals surface area contributed by atoms with Gasteiger partial charge in [-0.2, -0.15) is 5.10 Å². The van der Waals surface area contributed by atoms with Gasteiger partial charge in [-0.15, -0.1) is 0 Å². The number of nitrogens with zero attached hydrogens (tertiary/aromatic N) is 3. The number of hydrogen-bond donors (Lipinski definition) is 1. The highest BCUT2D eigenvalue weighted by atomic mass is 35.5. The standard InChI is InChI=1S/C29H42Cl2N4O2/c1-6-10-13-22(5)35-29(21-27(33-35)23-18-24(30)20-25(31)19-23)37-17-15-28(36)32-26(12-7-2)14-11-16-34(8-3)9-4/h6,10,13,18-21,26H,7-9,11-12,14-17H2,1-5H3,(H,32,36)/b10-6+,22-13+. The SMILES string of the molecule is C/C=C/C=C(\C)n1nc(-c2cc(Cl)cc(Cl)c2)cc1OCCC(=O)NC(CCC)CCCN(CC)CC. The summed E-state index contributed by atoms with van der Waals surface area (Å²) in [5, 5.41) is 9.00. The fourth-order valence-electron chi connectivity index (χ4n) is 4.15. The maximum atomic E-state index is 12.7. The summed E-state index contributed by atoms with van der Waals surface area (Å²) >= 11 is 12.4. The molecule has 0 saturated heterocycles. The maximum absolute atomic E-state index is 12.7. The minimum absolute atomic E-state index is 0.00961. The molecule has 1 unspecified atom stereocenters. The molecule has 1 atom stereocenters. The van der Waals surface area contributed by atoms with Gasteiger partial charge in [-0.05, 0) is 77.0 Å². The third-order valence-corrected chi connectivity index (χ3v) is 6.64. The van der Waals surface area contributed by atoms with Crippen molar-refractivity contribution in [2.45, 2.75) is 72.8 Å². The Hall–Kier alpha value is -2.28. The van der Waals surface area contributed by atoms with Crippen LogP contribution in [0.5, 0.6) is 5.88 Å². The fourth-order valence-corrected chi connectivity index (χ4v) is 4.68. The summed E-state index contributed by atoms with van der Waals surface area (Å²) in [7, 11) is 0. The van der Waals surface area contributed by atoms with E-state index in [1.54, 1.807) is 10.7 Å². The second kappa shape index (κ2) is 16.5. The lowest BCUT2D eigenvalue weighted by Gasteiger charge is -2.21. The molecule has 0 fully saturated rings. The van der Waals surface area contributed by atoms with Crippen LogP contribution >= 0.6 is 23.2 Å². The molecular formula is C29H42Cl2N4O2. The topological polar surface area (TPSA) is 59.4 Å². The first-order valence-corrected chi connectivity index (χ1v) is 14.1. The molecule has 0 aliphatic rings. The molecule has 2 rings (SSSR count). The van der Waals surface area contributed by atoms with E-state index in [2.05, 4.69) is 31.0 Å². The Kier molecular flexibility index (Phi) is 13.8. The molecule has 0 radical (unpaired) electrons. The van der Waals surface area contributed by atoms with E-state index in [0.717, 1.165) is 56.6 Å². The average molecular weight is 550 g/mol. The molecule has 0 spiro atoms. The van der Waals surface area contributed by atoms with E-state index >= 15 is 0 Å². The molecule has 0 bridgehead atoms. The monoisotopic (exact) mass is 548 g/mol. The Morgan fingerprint density at radius 1 is 1.14 bits per heavy atom. The normalized spacial score (nSPS) is 12.9. The summed E-state index contributed by atoms with van der Waals surface area (Å²) in [4.78, 5) is 15.1. The fraction of sp³-hybridized carbons (Fsp3) is 0.517. The van der Waals surface area contributed by atoms with Crippen molar-refractivity contribution in [2.24, 2.45) is 0 Å². The van der Waals surface area contributed by atoms with E-state index in [4.69, 9.17) is 33.0 Å². The minimum atomic E-state index is 0.00961. The van der Waals surface area contributed by atoms with Gasteiger partial charge in [-0.25, -0.2) is 4.68 Å². The van der Waals surface area contributed by atoms with Gasteiger partial charge in [0.15, 0.2) is 0 Å². The van der Waals surface area contributed by atoms with E-state index < -0.39 is 0 Å². The number of carbonyl (C=O) groups is 1. The highest BCUT2D eigenvalue weighted by Gasteiger charge is 2.16. The van der Waals surface area contributed by atoms with Crippen molar-refractivity contribution in [3.63, 3.8) is 0 Å². The Balaban J connectivity index is 2.05. The van der Waals surface area contributed by atoms with E-state index in [-0.39, 0.29) is 25.0 Å². The van der Waals surface area contributed by atoms with Crippen LogP contribution in [0.15, 0.2) is 42.5 Å². The van der Waals surface area contributed by atoms with Crippen molar-refractivity contribution < 1.29 is 9.53 Å². The molecule has 1 heterocycles. The zero-order valence-corrected chi connectivity index (χ0v) is 24.4. The lowest BCUT2D eigenvalue weighted by Crippen LogP contribution is -2.36. The van der Waals surface area contributed by atoms with Gasteiger partial charge in [0, 0.05) is 33.4 Å². The molecule has 37 heavy (non-hydrogen) atoms.